The molecular formula is C49H35N3O. The van der Waals surface area contributed by atoms with Gasteiger partial charge < -0.3 is 10.2 Å². The van der Waals surface area contributed by atoms with Crippen LogP contribution in [0.1, 0.15) is 16.7 Å². The van der Waals surface area contributed by atoms with Gasteiger partial charge in [0.25, 0.3) is 0 Å². The van der Waals surface area contributed by atoms with Crippen molar-refractivity contribution in [3.05, 3.63) is 205 Å². The van der Waals surface area contributed by atoms with Crippen LogP contribution in [-0.4, -0.2) is 11.7 Å². The van der Waals surface area contributed by atoms with Crippen LogP contribution in [0.3, 0.4) is 0 Å². The lowest BCUT2D eigenvalue weighted by Crippen LogP contribution is -2.17. The first-order valence-electron chi connectivity index (χ1n) is 17.8. The van der Waals surface area contributed by atoms with Gasteiger partial charge in [0, 0.05) is 21.9 Å². The highest BCUT2D eigenvalue weighted by Crippen LogP contribution is 2.35. The maximum atomic E-state index is 6.90. The molecule has 9 rings (SSSR count). The Morgan fingerprint density at radius 2 is 1.06 bits per heavy atom. The number of benzene rings is 8. The molecule has 1 heterocycles. The van der Waals surface area contributed by atoms with E-state index in [1.165, 1.54) is 21.9 Å². The molecule has 0 fully saturated rings. The van der Waals surface area contributed by atoms with Crippen LogP contribution in [0.25, 0.3) is 66.1 Å². The summed E-state index contributed by atoms with van der Waals surface area (Å²) >= 11 is 0. The molecule has 0 saturated heterocycles. The highest BCUT2D eigenvalue weighted by molar-refractivity contribution is 6.20. The zero-order valence-corrected chi connectivity index (χ0v) is 29.0. The molecule has 0 amide bonds. The molecule has 0 bridgehead atoms. The Bertz CT molecular complexity index is 2780. The third-order valence-electron chi connectivity index (χ3n) is 9.80. The van der Waals surface area contributed by atoms with Crippen LogP contribution in [0.4, 0.5) is 0 Å². The van der Waals surface area contributed by atoms with Crippen LogP contribution in [0, 0.1) is 0 Å². The summed E-state index contributed by atoms with van der Waals surface area (Å²) in [6, 6.07) is 65.0. The summed E-state index contributed by atoms with van der Waals surface area (Å²) in [4.78, 5) is 10.0. The maximum absolute atomic E-state index is 6.90. The Labute approximate surface area is 308 Å². The average Bonchev–Trinajstić information content (AvgIpc) is 3.61. The fraction of sp³-hybridized carbons (Fsp3) is 0.0204. The van der Waals surface area contributed by atoms with E-state index in [-0.39, 0.29) is 0 Å². The third-order valence-corrected chi connectivity index (χ3v) is 9.80. The highest BCUT2D eigenvalue weighted by atomic mass is 16.3. The molecule has 53 heavy (non-hydrogen) atoms. The number of hydrogen-bond acceptors (Lipinski definition) is 2. The number of hydrogen-bond donors (Lipinski definition) is 1. The number of aliphatic imine (C=N–C) groups is 2. The summed E-state index contributed by atoms with van der Waals surface area (Å²) in [5.41, 5.74) is 18.1. The third kappa shape index (κ3) is 6.50. The van der Waals surface area contributed by atoms with Gasteiger partial charge in [0.2, 0.25) is 0 Å². The fourth-order valence-electron chi connectivity index (χ4n) is 7.00. The van der Waals surface area contributed by atoms with E-state index in [1.54, 1.807) is 0 Å². The molecule has 8 aromatic carbocycles. The van der Waals surface area contributed by atoms with Crippen molar-refractivity contribution in [3.8, 4) is 33.4 Å². The molecule has 0 unspecified atom stereocenters. The number of furan rings is 1. The molecule has 0 saturated carbocycles. The normalized spacial score (nSPS) is 12.2. The van der Waals surface area contributed by atoms with E-state index in [9.17, 15) is 0 Å². The molecule has 0 atom stereocenters. The van der Waals surface area contributed by atoms with Crippen LogP contribution in [-0.2, 0) is 6.54 Å². The molecule has 2 N–H and O–H groups in total. The maximum Gasteiger partial charge on any atom is 0.157 e. The number of nitrogens with zero attached hydrogens (tertiary/aromatic N) is 2. The van der Waals surface area contributed by atoms with Crippen molar-refractivity contribution in [2.75, 3.05) is 0 Å². The van der Waals surface area contributed by atoms with Crippen molar-refractivity contribution in [1.82, 2.24) is 0 Å². The smallest absolute Gasteiger partial charge is 0.157 e. The van der Waals surface area contributed by atoms with Crippen LogP contribution < -0.4 is 5.73 Å². The summed E-state index contributed by atoms with van der Waals surface area (Å²) in [6.45, 7) is 0.478. The minimum absolute atomic E-state index is 0.379. The van der Waals surface area contributed by atoms with E-state index in [1.807, 2.05) is 42.5 Å². The number of amidine groups is 2. The van der Waals surface area contributed by atoms with Gasteiger partial charge in [-0.3, -0.25) is 4.99 Å². The summed E-state index contributed by atoms with van der Waals surface area (Å²) in [5.74, 6) is 0.949. The van der Waals surface area contributed by atoms with Crippen LogP contribution in [0.2, 0.25) is 0 Å². The molecule has 0 aliphatic rings. The minimum Gasteiger partial charge on any atom is -0.456 e. The van der Waals surface area contributed by atoms with Gasteiger partial charge in [0.1, 0.15) is 17.0 Å². The van der Waals surface area contributed by atoms with Crippen molar-refractivity contribution in [1.29, 1.82) is 0 Å². The largest absolute Gasteiger partial charge is 0.456 e. The molecule has 1 aromatic heterocycles. The van der Waals surface area contributed by atoms with Crippen molar-refractivity contribution < 1.29 is 4.42 Å². The number of nitrogens with two attached hydrogens (primary N) is 1. The van der Waals surface area contributed by atoms with Crippen LogP contribution in [0.5, 0.6) is 0 Å². The standard InChI is InChI=1S/C49H35N3O/c50-48(44-16-9-17-45-47(44)43-29-28-42(31-46(43)53-45)41-27-24-35-14-7-8-15-40(35)30-41)52-49(51-32-33-10-3-1-4-11-33)39-25-22-38(23-26-39)37-20-18-36(19-21-37)34-12-5-2-6-13-34/h1-31H,32H2,(H2,50,51,52). The predicted octanol–water partition coefficient (Wildman–Crippen LogP) is 12.1. The minimum atomic E-state index is 0.379. The second-order valence-electron chi connectivity index (χ2n) is 13.2. The van der Waals surface area contributed by atoms with Gasteiger partial charge in [0.05, 0.1) is 6.54 Å². The van der Waals surface area contributed by atoms with Crippen molar-refractivity contribution in [2.45, 2.75) is 6.54 Å². The quantitative estimate of drug-likeness (QED) is 0.134. The van der Waals surface area contributed by atoms with Crippen LogP contribution in [0.15, 0.2) is 202 Å². The van der Waals surface area contributed by atoms with Gasteiger partial charge in [-0.25, -0.2) is 4.99 Å². The predicted molar refractivity (Wildman–Crippen MR) is 221 cm³/mol. The molecule has 0 radical (unpaired) electrons. The summed E-state index contributed by atoms with van der Waals surface area (Å²) in [5, 5.41) is 4.35. The van der Waals surface area contributed by atoms with E-state index in [4.69, 9.17) is 20.1 Å². The second-order valence-corrected chi connectivity index (χ2v) is 13.2. The summed E-state index contributed by atoms with van der Waals surface area (Å²) in [6.07, 6.45) is 0. The number of fused-ring (bicyclic) bond motifs is 4. The molecule has 252 valence electrons. The van der Waals surface area contributed by atoms with Gasteiger partial charge in [-0.2, -0.15) is 0 Å². The van der Waals surface area contributed by atoms with E-state index >= 15 is 0 Å². The topological polar surface area (TPSA) is 63.9 Å². The van der Waals surface area contributed by atoms with Gasteiger partial charge in [0.15, 0.2) is 5.84 Å². The van der Waals surface area contributed by atoms with Gasteiger partial charge in [-0.05, 0) is 74.0 Å². The molecule has 0 spiro atoms. The van der Waals surface area contributed by atoms with E-state index in [2.05, 4.69) is 146 Å². The van der Waals surface area contributed by atoms with Gasteiger partial charge >= 0.3 is 0 Å². The van der Waals surface area contributed by atoms with Crippen LogP contribution >= 0.6 is 0 Å². The summed E-state index contributed by atoms with van der Waals surface area (Å²) < 4.78 is 6.43. The lowest BCUT2D eigenvalue weighted by Gasteiger charge is -2.09. The van der Waals surface area contributed by atoms with Crippen molar-refractivity contribution >= 4 is 44.4 Å². The Morgan fingerprint density at radius 1 is 0.472 bits per heavy atom. The molecule has 0 aliphatic heterocycles. The Balaban J connectivity index is 1.06. The highest BCUT2D eigenvalue weighted by Gasteiger charge is 2.16. The first-order chi connectivity index (χ1) is 26.2. The average molecular weight is 682 g/mol. The lowest BCUT2D eigenvalue weighted by molar-refractivity contribution is 0.669. The lowest BCUT2D eigenvalue weighted by atomic mass is 9.99. The van der Waals surface area contributed by atoms with E-state index in [0.29, 0.717) is 18.2 Å². The number of rotatable bonds is 7. The van der Waals surface area contributed by atoms with Gasteiger partial charge in [-0.15, -0.1) is 0 Å². The van der Waals surface area contributed by atoms with Gasteiger partial charge in [-0.1, -0.05) is 164 Å². The monoisotopic (exact) mass is 681 g/mol. The molecular weight excluding hydrogens is 647 g/mol. The van der Waals surface area contributed by atoms with Crippen molar-refractivity contribution in [2.24, 2.45) is 15.7 Å². The Kier molecular flexibility index (Phi) is 8.39. The summed E-state index contributed by atoms with van der Waals surface area (Å²) in [7, 11) is 0. The van der Waals surface area contributed by atoms with E-state index in [0.717, 1.165) is 60.9 Å². The van der Waals surface area contributed by atoms with Crippen molar-refractivity contribution in [3.63, 3.8) is 0 Å². The van der Waals surface area contributed by atoms with E-state index < -0.39 is 0 Å². The molecule has 9 aromatic rings. The molecule has 0 aliphatic carbocycles. The SMILES string of the molecule is N/C(=N\C(=N/Cc1ccccc1)c1ccc(-c2ccc(-c3ccccc3)cc2)cc1)c1cccc2oc3cc(-c4ccc5ccccc5c4)ccc3c12. The Hall–Kier alpha value is -7.04. The first-order valence-corrected chi connectivity index (χ1v) is 17.8. The second kappa shape index (κ2) is 13.9. The zero-order valence-electron chi connectivity index (χ0n) is 29.0. The Morgan fingerprint density at radius 3 is 1.79 bits per heavy atom. The molecule has 4 heteroatoms. The zero-order chi connectivity index (χ0) is 35.6. The molecule has 4 nitrogen and oxygen atoms in total. The first kappa shape index (κ1) is 31.9. The fourth-order valence-corrected chi connectivity index (χ4v) is 7.00.